The van der Waals surface area contributed by atoms with Crippen LogP contribution in [0.25, 0.3) is 0 Å². The Hall–Kier alpha value is -2.21. The molecule has 1 aromatic carbocycles. The molecule has 3 heterocycles. The first-order valence-electron chi connectivity index (χ1n) is 9.02. The van der Waals surface area contributed by atoms with Crippen LogP contribution in [0.3, 0.4) is 0 Å². The van der Waals surface area contributed by atoms with Crippen LogP contribution in [-0.4, -0.2) is 45.3 Å². The molecule has 0 aliphatic carbocycles. The van der Waals surface area contributed by atoms with Gasteiger partial charge in [0.1, 0.15) is 11.9 Å². The van der Waals surface area contributed by atoms with E-state index < -0.39 is 0 Å². The second-order valence-electron chi connectivity index (χ2n) is 6.89. The predicted octanol–water partition coefficient (Wildman–Crippen LogP) is 2.66. The maximum absolute atomic E-state index is 13.4. The number of aromatic amines is 1. The number of amides is 1. The molecule has 1 fully saturated rings. The Morgan fingerprint density at radius 2 is 1.88 bits per heavy atom. The molecule has 0 bridgehead atoms. The lowest BCUT2D eigenvalue weighted by Gasteiger charge is -2.38. The molecule has 1 amide bonds. The highest BCUT2D eigenvalue weighted by Crippen LogP contribution is 2.28. The van der Waals surface area contributed by atoms with Crippen molar-refractivity contribution in [3.05, 3.63) is 53.4 Å². The van der Waals surface area contributed by atoms with E-state index in [9.17, 15) is 9.18 Å². The maximum Gasteiger partial charge on any atom is 0.244 e. The molecule has 1 saturated heterocycles. The van der Waals surface area contributed by atoms with Gasteiger partial charge in [0.2, 0.25) is 5.91 Å². The van der Waals surface area contributed by atoms with E-state index >= 15 is 0 Å². The van der Waals surface area contributed by atoms with Crippen LogP contribution in [0.1, 0.15) is 42.3 Å². The fourth-order valence-corrected chi connectivity index (χ4v) is 3.90. The molecule has 0 spiro atoms. The van der Waals surface area contributed by atoms with Crippen LogP contribution >= 0.6 is 0 Å². The topological polar surface area (TPSA) is 52.2 Å². The minimum Gasteiger partial charge on any atom is -0.347 e. The number of hydrogen-bond donors (Lipinski definition) is 1. The summed E-state index contributed by atoms with van der Waals surface area (Å²) in [6.45, 7) is 3.08. The number of nitrogens with zero attached hydrogens (tertiary/aromatic N) is 3. The highest BCUT2D eigenvalue weighted by molar-refractivity contribution is 5.83. The molecule has 2 aliphatic heterocycles. The van der Waals surface area contributed by atoms with Gasteiger partial charge in [-0.2, -0.15) is 0 Å². The standard InChI is InChI=1S/C19H23FN4O/c20-15-6-4-14(5-7-15)18(23-9-2-1-3-10-23)19(25)24-11-8-16-17(12-24)22-13-21-16/h4-7,13,18H,1-3,8-12H2,(H,21,22)/t18-/m1/s1. The fraction of sp³-hybridized carbons (Fsp3) is 0.474. The number of nitrogens with one attached hydrogen (secondary N) is 1. The normalized spacial score (nSPS) is 19.5. The molecular weight excluding hydrogens is 319 g/mol. The average Bonchev–Trinajstić information content (AvgIpc) is 3.12. The average molecular weight is 342 g/mol. The third kappa shape index (κ3) is 3.31. The van der Waals surface area contributed by atoms with Crippen molar-refractivity contribution in [2.45, 2.75) is 38.3 Å². The Morgan fingerprint density at radius 3 is 2.64 bits per heavy atom. The zero-order chi connectivity index (χ0) is 17.2. The lowest BCUT2D eigenvalue weighted by Crippen LogP contribution is -2.46. The molecule has 1 atom stereocenters. The van der Waals surface area contributed by atoms with Crippen LogP contribution in [-0.2, 0) is 17.8 Å². The van der Waals surface area contributed by atoms with Crippen LogP contribution < -0.4 is 0 Å². The van der Waals surface area contributed by atoms with Crippen molar-refractivity contribution in [3.8, 4) is 0 Å². The van der Waals surface area contributed by atoms with Gasteiger partial charge < -0.3 is 9.88 Å². The van der Waals surface area contributed by atoms with Gasteiger partial charge in [0.05, 0.1) is 24.3 Å². The Morgan fingerprint density at radius 1 is 1.12 bits per heavy atom. The van der Waals surface area contributed by atoms with Gasteiger partial charge in [0.25, 0.3) is 0 Å². The second-order valence-corrected chi connectivity index (χ2v) is 6.89. The highest BCUT2D eigenvalue weighted by atomic mass is 19.1. The first-order valence-corrected chi connectivity index (χ1v) is 9.02. The summed E-state index contributed by atoms with van der Waals surface area (Å²) in [6, 6.07) is 6.06. The van der Waals surface area contributed by atoms with Gasteiger partial charge in [0, 0.05) is 13.0 Å². The molecule has 0 unspecified atom stereocenters. The van der Waals surface area contributed by atoms with Gasteiger partial charge in [-0.3, -0.25) is 9.69 Å². The van der Waals surface area contributed by atoms with Gasteiger partial charge in [-0.25, -0.2) is 9.37 Å². The largest absolute Gasteiger partial charge is 0.347 e. The molecule has 4 rings (SSSR count). The van der Waals surface area contributed by atoms with Crippen LogP contribution in [0.15, 0.2) is 30.6 Å². The van der Waals surface area contributed by atoms with Crippen LogP contribution in [0.4, 0.5) is 4.39 Å². The zero-order valence-corrected chi connectivity index (χ0v) is 14.2. The lowest BCUT2D eigenvalue weighted by molar-refractivity contribution is -0.138. The number of halogens is 1. The smallest absolute Gasteiger partial charge is 0.244 e. The maximum atomic E-state index is 13.4. The number of rotatable bonds is 3. The van der Waals surface area contributed by atoms with Gasteiger partial charge in [-0.05, 0) is 43.6 Å². The molecule has 1 aromatic heterocycles. The van der Waals surface area contributed by atoms with Crippen molar-refractivity contribution >= 4 is 5.91 Å². The van der Waals surface area contributed by atoms with E-state index in [1.807, 2.05) is 4.90 Å². The number of likely N-dealkylation sites (tertiary alicyclic amines) is 1. The molecule has 0 saturated carbocycles. The number of piperidine rings is 1. The molecule has 2 aliphatic rings. The Balaban J connectivity index is 1.60. The van der Waals surface area contributed by atoms with Crippen LogP contribution in [0.2, 0.25) is 0 Å². The van der Waals surface area contributed by atoms with E-state index in [1.165, 1.54) is 18.6 Å². The highest BCUT2D eigenvalue weighted by Gasteiger charge is 2.34. The first-order chi connectivity index (χ1) is 12.2. The van der Waals surface area contributed by atoms with E-state index in [1.54, 1.807) is 18.5 Å². The number of H-pyrrole nitrogens is 1. The molecule has 132 valence electrons. The van der Waals surface area contributed by atoms with Gasteiger partial charge in [-0.1, -0.05) is 18.6 Å². The van der Waals surface area contributed by atoms with Crippen LogP contribution in [0, 0.1) is 5.82 Å². The number of benzene rings is 1. The third-order valence-electron chi connectivity index (χ3n) is 5.26. The van der Waals surface area contributed by atoms with Crippen molar-refractivity contribution in [1.29, 1.82) is 0 Å². The van der Waals surface area contributed by atoms with Crippen molar-refractivity contribution in [3.63, 3.8) is 0 Å². The first kappa shape index (κ1) is 16.3. The summed E-state index contributed by atoms with van der Waals surface area (Å²) in [5.41, 5.74) is 2.96. The van der Waals surface area contributed by atoms with E-state index in [-0.39, 0.29) is 17.8 Å². The van der Waals surface area contributed by atoms with Crippen LogP contribution in [0.5, 0.6) is 0 Å². The monoisotopic (exact) mass is 342 g/mol. The SMILES string of the molecule is O=C([C@@H](c1ccc(F)cc1)N1CCCCC1)N1CCc2nc[nH]c2C1. The van der Waals surface area contributed by atoms with E-state index in [4.69, 9.17) is 0 Å². The summed E-state index contributed by atoms with van der Waals surface area (Å²) < 4.78 is 13.4. The summed E-state index contributed by atoms with van der Waals surface area (Å²) in [7, 11) is 0. The molecule has 0 radical (unpaired) electrons. The number of aromatic nitrogens is 2. The number of carbonyl (C=O) groups excluding carboxylic acids is 1. The van der Waals surface area contributed by atoms with Gasteiger partial charge in [0.15, 0.2) is 0 Å². The Kier molecular flexibility index (Phi) is 4.53. The molecular formula is C19H23FN4O. The number of imidazole rings is 1. The number of hydrogen-bond acceptors (Lipinski definition) is 3. The predicted molar refractivity (Wildman–Crippen MR) is 92.3 cm³/mol. The minimum absolute atomic E-state index is 0.105. The zero-order valence-electron chi connectivity index (χ0n) is 14.2. The molecule has 25 heavy (non-hydrogen) atoms. The summed E-state index contributed by atoms with van der Waals surface area (Å²) in [5.74, 6) is -0.164. The molecule has 5 nitrogen and oxygen atoms in total. The van der Waals surface area contributed by atoms with Crippen molar-refractivity contribution < 1.29 is 9.18 Å². The molecule has 6 heteroatoms. The van der Waals surface area contributed by atoms with E-state index in [0.717, 1.165) is 49.3 Å². The quantitative estimate of drug-likeness (QED) is 0.933. The Labute approximate surface area is 146 Å². The number of fused-ring (bicyclic) bond motifs is 1. The fourth-order valence-electron chi connectivity index (χ4n) is 3.90. The van der Waals surface area contributed by atoms with E-state index in [0.29, 0.717) is 13.1 Å². The summed E-state index contributed by atoms with van der Waals surface area (Å²) >= 11 is 0. The minimum atomic E-state index is -0.328. The van der Waals surface area contributed by atoms with Gasteiger partial charge in [-0.15, -0.1) is 0 Å². The second kappa shape index (κ2) is 6.96. The molecule has 1 N–H and O–H groups in total. The van der Waals surface area contributed by atoms with Crippen molar-refractivity contribution in [2.24, 2.45) is 0 Å². The molecule has 2 aromatic rings. The number of carbonyl (C=O) groups is 1. The van der Waals surface area contributed by atoms with E-state index in [2.05, 4.69) is 14.9 Å². The summed E-state index contributed by atoms with van der Waals surface area (Å²) in [4.78, 5) is 25.0. The Bertz CT molecular complexity index is 736. The van der Waals surface area contributed by atoms with Crippen molar-refractivity contribution in [1.82, 2.24) is 19.8 Å². The summed E-state index contributed by atoms with van der Waals surface area (Å²) in [5, 5.41) is 0. The van der Waals surface area contributed by atoms with Gasteiger partial charge >= 0.3 is 0 Å². The van der Waals surface area contributed by atoms with Crippen molar-refractivity contribution in [2.75, 3.05) is 19.6 Å². The lowest BCUT2D eigenvalue weighted by atomic mass is 9.99. The third-order valence-corrected chi connectivity index (χ3v) is 5.26. The summed E-state index contributed by atoms with van der Waals surface area (Å²) in [6.07, 6.45) is 5.90.